The van der Waals surface area contributed by atoms with Crippen molar-refractivity contribution in [3.8, 4) is 0 Å². The highest BCUT2D eigenvalue weighted by Gasteiger charge is 2.36. The second-order valence-electron chi connectivity index (χ2n) is 6.64. The minimum atomic E-state index is -0.207. The minimum absolute atomic E-state index is 0.207. The molecule has 2 heteroatoms. The number of hydrogen-bond acceptors (Lipinski definition) is 2. The Labute approximate surface area is 121 Å². The van der Waals surface area contributed by atoms with Crippen LogP contribution in [0.2, 0.25) is 0 Å². The molecule has 1 saturated carbocycles. The molecular formula is C18H24N2. The number of hydrogen-bond donors (Lipinski definition) is 1. The van der Waals surface area contributed by atoms with Crippen LogP contribution < -0.4 is 5.73 Å². The highest BCUT2D eigenvalue weighted by atomic mass is 14.8. The van der Waals surface area contributed by atoms with Gasteiger partial charge in [-0.2, -0.15) is 0 Å². The largest absolute Gasteiger partial charge is 0.321 e. The standard InChI is InChI=1S/C18H24N2/c1-13(2)15-7-4-10-18(19,12-15)16-9-3-6-14-8-5-11-20-17(14)16/h3,5-6,8-9,11,13,15H,4,7,10,12,19H2,1-2H3. The Morgan fingerprint density at radius 3 is 2.85 bits per heavy atom. The monoisotopic (exact) mass is 268 g/mol. The quantitative estimate of drug-likeness (QED) is 0.885. The molecule has 3 rings (SSSR count). The summed E-state index contributed by atoms with van der Waals surface area (Å²) in [4.78, 5) is 4.59. The van der Waals surface area contributed by atoms with Crippen molar-refractivity contribution in [2.75, 3.05) is 0 Å². The molecule has 20 heavy (non-hydrogen) atoms. The third-order valence-corrected chi connectivity index (χ3v) is 4.94. The predicted octanol–water partition coefficient (Wildman–Crippen LogP) is 4.24. The first kappa shape index (κ1) is 13.6. The summed E-state index contributed by atoms with van der Waals surface area (Å²) in [5, 5.41) is 1.20. The summed E-state index contributed by atoms with van der Waals surface area (Å²) in [6, 6.07) is 10.5. The molecule has 0 radical (unpaired) electrons. The van der Waals surface area contributed by atoms with Crippen LogP contribution >= 0.6 is 0 Å². The fourth-order valence-corrected chi connectivity index (χ4v) is 3.67. The summed E-state index contributed by atoms with van der Waals surface area (Å²) >= 11 is 0. The highest BCUT2D eigenvalue weighted by Crippen LogP contribution is 2.42. The van der Waals surface area contributed by atoms with E-state index in [1.807, 2.05) is 12.3 Å². The fourth-order valence-electron chi connectivity index (χ4n) is 3.67. The molecule has 1 aliphatic carbocycles. The Balaban J connectivity index is 2.05. The van der Waals surface area contributed by atoms with Crippen LogP contribution in [0.4, 0.5) is 0 Å². The molecule has 1 aliphatic rings. The van der Waals surface area contributed by atoms with E-state index in [2.05, 4.69) is 43.1 Å². The minimum Gasteiger partial charge on any atom is -0.321 e. The normalized spacial score (nSPS) is 27.1. The van der Waals surface area contributed by atoms with Crippen LogP contribution in [0.3, 0.4) is 0 Å². The topological polar surface area (TPSA) is 38.9 Å². The number of pyridine rings is 1. The average molecular weight is 268 g/mol. The molecule has 1 aromatic carbocycles. The number of nitrogens with two attached hydrogens (primary N) is 1. The Hall–Kier alpha value is -1.41. The maximum Gasteiger partial charge on any atom is 0.0752 e. The smallest absolute Gasteiger partial charge is 0.0752 e. The van der Waals surface area contributed by atoms with Gasteiger partial charge in [-0.15, -0.1) is 0 Å². The van der Waals surface area contributed by atoms with E-state index in [0.717, 1.165) is 24.3 Å². The summed E-state index contributed by atoms with van der Waals surface area (Å²) in [7, 11) is 0. The molecule has 0 bridgehead atoms. The van der Waals surface area contributed by atoms with E-state index in [1.54, 1.807) is 0 Å². The van der Waals surface area contributed by atoms with Gasteiger partial charge in [0.25, 0.3) is 0 Å². The molecule has 2 unspecified atom stereocenters. The third kappa shape index (κ3) is 2.33. The first-order valence-corrected chi connectivity index (χ1v) is 7.73. The van der Waals surface area contributed by atoms with Crippen molar-refractivity contribution in [1.82, 2.24) is 4.98 Å². The summed E-state index contributed by atoms with van der Waals surface area (Å²) < 4.78 is 0. The van der Waals surface area contributed by atoms with Crippen molar-refractivity contribution in [1.29, 1.82) is 0 Å². The molecule has 2 aromatic rings. The highest BCUT2D eigenvalue weighted by molar-refractivity contribution is 5.82. The van der Waals surface area contributed by atoms with E-state index in [1.165, 1.54) is 23.8 Å². The van der Waals surface area contributed by atoms with Gasteiger partial charge in [-0.05, 0) is 36.3 Å². The zero-order valence-corrected chi connectivity index (χ0v) is 12.5. The second kappa shape index (κ2) is 5.17. The molecule has 2 nitrogen and oxygen atoms in total. The lowest BCUT2D eigenvalue weighted by Gasteiger charge is -2.40. The van der Waals surface area contributed by atoms with Crippen molar-refractivity contribution in [3.05, 3.63) is 42.1 Å². The first-order valence-electron chi connectivity index (χ1n) is 7.73. The molecule has 0 amide bonds. The average Bonchev–Trinajstić information content (AvgIpc) is 2.46. The lowest BCUT2D eigenvalue weighted by Crippen LogP contribution is -2.42. The van der Waals surface area contributed by atoms with Crippen LogP contribution in [0.15, 0.2) is 36.5 Å². The van der Waals surface area contributed by atoms with Gasteiger partial charge in [-0.25, -0.2) is 0 Å². The number of rotatable bonds is 2. The first-order chi connectivity index (χ1) is 9.60. The Morgan fingerprint density at radius 2 is 2.05 bits per heavy atom. The SMILES string of the molecule is CC(C)C1CCCC(N)(c2cccc3cccnc23)C1. The zero-order valence-electron chi connectivity index (χ0n) is 12.5. The fraction of sp³-hybridized carbons (Fsp3) is 0.500. The van der Waals surface area contributed by atoms with Gasteiger partial charge in [0.15, 0.2) is 0 Å². The van der Waals surface area contributed by atoms with Gasteiger partial charge in [0.05, 0.1) is 5.52 Å². The lowest BCUT2D eigenvalue weighted by molar-refractivity contribution is 0.185. The Bertz CT molecular complexity index is 600. The Kier molecular flexibility index (Phi) is 3.51. The predicted molar refractivity (Wildman–Crippen MR) is 84.4 cm³/mol. The van der Waals surface area contributed by atoms with Crippen LogP contribution in [-0.2, 0) is 5.54 Å². The van der Waals surface area contributed by atoms with E-state index in [4.69, 9.17) is 5.73 Å². The van der Waals surface area contributed by atoms with Gasteiger partial charge in [0, 0.05) is 17.1 Å². The van der Waals surface area contributed by atoms with Gasteiger partial charge >= 0.3 is 0 Å². The number of para-hydroxylation sites is 1. The summed E-state index contributed by atoms with van der Waals surface area (Å²) in [6.07, 6.45) is 6.57. The van der Waals surface area contributed by atoms with E-state index in [-0.39, 0.29) is 5.54 Å². The summed E-state index contributed by atoms with van der Waals surface area (Å²) in [5.74, 6) is 1.44. The molecule has 2 N–H and O–H groups in total. The molecule has 0 saturated heterocycles. The molecule has 106 valence electrons. The lowest BCUT2D eigenvalue weighted by atomic mass is 9.69. The molecule has 1 heterocycles. The summed E-state index contributed by atoms with van der Waals surface area (Å²) in [6.45, 7) is 4.63. The second-order valence-corrected chi connectivity index (χ2v) is 6.64. The number of aromatic nitrogens is 1. The van der Waals surface area contributed by atoms with Crippen LogP contribution in [0, 0.1) is 11.8 Å². The Morgan fingerprint density at radius 1 is 1.25 bits per heavy atom. The third-order valence-electron chi connectivity index (χ3n) is 4.94. The van der Waals surface area contributed by atoms with Crippen molar-refractivity contribution in [2.45, 2.75) is 45.1 Å². The molecule has 1 aromatic heterocycles. The molecule has 0 spiro atoms. The van der Waals surface area contributed by atoms with Crippen molar-refractivity contribution < 1.29 is 0 Å². The van der Waals surface area contributed by atoms with Crippen molar-refractivity contribution >= 4 is 10.9 Å². The molecule has 0 aliphatic heterocycles. The number of nitrogens with zero attached hydrogens (tertiary/aromatic N) is 1. The summed E-state index contributed by atoms with van der Waals surface area (Å²) in [5.41, 5.74) is 8.95. The maximum atomic E-state index is 6.83. The van der Waals surface area contributed by atoms with Crippen molar-refractivity contribution in [2.24, 2.45) is 17.6 Å². The zero-order chi connectivity index (χ0) is 14.2. The van der Waals surface area contributed by atoms with Gasteiger partial charge in [0.2, 0.25) is 0 Å². The molecule has 1 fully saturated rings. The van der Waals surface area contributed by atoms with Gasteiger partial charge in [0.1, 0.15) is 0 Å². The van der Waals surface area contributed by atoms with E-state index in [9.17, 15) is 0 Å². The van der Waals surface area contributed by atoms with Crippen LogP contribution in [0.1, 0.15) is 45.1 Å². The van der Waals surface area contributed by atoms with E-state index in [0.29, 0.717) is 5.92 Å². The number of fused-ring (bicyclic) bond motifs is 1. The number of benzene rings is 1. The van der Waals surface area contributed by atoms with E-state index < -0.39 is 0 Å². The van der Waals surface area contributed by atoms with Gasteiger partial charge in [-0.3, -0.25) is 4.98 Å². The van der Waals surface area contributed by atoms with E-state index >= 15 is 0 Å². The van der Waals surface area contributed by atoms with Crippen LogP contribution in [-0.4, -0.2) is 4.98 Å². The maximum absolute atomic E-state index is 6.83. The van der Waals surface area contributed by atoms with Crippen LogP contribution in [0.5, 0.6) is 0 Å². The van der Waals surface area contributed by atoms with Crippen LogP contribution in [0.25, 0.3) is 10.9 Å². The molecule has 2 atom stereocenters. The van der Waals surface area contributed by atoms with Crippen molar-refractivity contribution in [3.63, 3.8) is 0 Å². The van der Waals surface area contributed by atoms with Gasteiger partial charge in [-0.1, -0.05) is 51.0 Å². The van der Waals surface area contributed by atoms with Gasteiger partial charge < -0.3 is 5.73 Å². The molecular weight excluding hydrogens is 244 g/mol.